The predicted octanol–water partition coefficient (Wildman–Crippen LogP) is 5.29. The number of carbonyl (C=O) groups is 1. The first-order valence-corrected chi connectivity index (χ1v) is 9.35. The molecule has 1 fully saturated rings. The fourth-order valence-corrected chi connectivity index (χ4v) is 4.73. The van der Waals surface area contributed by atoms with E-state index in [1.54, 1.807) is 12.1 Å². The molecule has 2 N–H and O–H groups in total. The molecule has 2 aromatic carbocycles. The second-order valence-electron chi connectivity index (χ2n) is 7.30. The van der Waals surface area contributed by atoms with E-state index in [-0.39, 0.29) is 23.6 Å². The number of anilines is 1. The number of fused-ring (bicyclic) bond motifs is 3. The maximum atomic E-state index is 11.3. The lowest BCUT2D eigenvalue weighted by Gasteiger charge is -2.44. The predicted molar refractivity (Wildman–Crippen MR) is 102 cm³/mol. The van der Waals surface area contributed by atoms with Crippen molar-refractivity contribution < 1.29 is 14.6 Å². The van der Waals surface area contributed by atoms with Gasteiger partial charge in [0.05, 0.1) is 17.7 Å². The molecule has 0 radical (unpaired) electrons. The molecular weight excluding hydrogens is 350 g/mol. The first-order valence-electron chi connectivity index (χ1n) is 8.97. The van der Waals surface area contributed by atoms with E-state index < -0.39 is 5.97 Å². The Labute approximate surface area is 158 Å². The highest BCUT2D eigenvalue weighted by Crippen LogP contribution is 2.50. The van der Waals surface area contributed by atoms with Gasteiger partial charge < -0.3 is 15.2 Å². The largest absolute Gasteiger partial charge is 0.478 e. The Morgan fingerprint density at radius 1 is 1.27 bits per heavy atom. The van der Waals surface area contributed by atoms with Crippen LogP contribution in [0.2, 0.25) is 5.02 Å². The van der Waals surface area contributed by atoms with Crippen LogP contribution in [-0.4, -0.2) is 17.7 Å². The molecule has 0 saturated carbocycles. The van der Waals surface area contributed by atoms with Crippen molar-refractivity contribution in [3.8, 4) is 0 Å². The lowest BCUT2D eigenvalue weighted by atomic mass is 9.76. The normalized spacial score (nSPS) is 24.3. The summed E-state index contributed by atoms with van der Waals surface area (Å²) in [7, 11) is 0. The van der Waals surface area contributed by atoms with Gasteiger partial charge in [-0.1, -0.05) is 29.3 Å². The number of benzene rings is 2. The van der Waals surface area contributed by atoms with Crippen LogP contribution in [-0.2, 0) is 4.74 Å². The van der Waals surface area contributed by atoms with Gasteiger partial charge in [-0.15, -0.1) is 0 Å². The summed E-state index contributed by atoms with van der Waals surface area (Å²) < 4.78 is 6.18. The van der Waals surface area contributed by atoms with Gasteiger partial charge in [0.25, 0.3) is 0 Å². The minimum atomic E-state index is -0.960. The molecule has 2 aliphatic heterocycles. The van der Waals surface area contributed by atoms with Crippen LogP contribution in [0.3, 0.4) is 0 Å². The number of carboxylic acid groups (broad SMARTS) is 1. The van der Waals surface area contributed by atoms with Gasteiger partial charge in [0.15, 0.2) is 0 Å². The van der Waals surface area contributed by atoms with E-state index in [2.05, 4.69) is 30.4 Å². The van der Waals surface area contributed by atoms with E-state index in [9.17, 15) is 9.90 Å². The van der Waals surface area contributed by atoms with E-state index in [0.29, 0.717) is 5.02 Å². The van der Waals surface area contributed by atoms with E-state index in [1.165, 1.54) is 11.1 Å². The standard InChI is InChI=1S/C21H22ClNO3/c1-11-5-6-17-15(8-11)20-14(4-3-7-26-20)19(23-17)18-12(2)9-13(21(24)25)10-16(18)22/h5-6,8-10,14,19-20,23H,3-4,7H2,1-2H3,(H,24,25)/t14-,19+,20-/m1/s1. The molecule has 2 aromatic rings. The summed E-state index contributed by atoms with van der Waals surface area (Å²) in [5, 5.41) is 13.4. The topological polar surface area (TPSA) is 58.6 Å². The van der Waals surface area contributed by atoms with Crippen LogP contribution < -0.4 is 5.32 Å². The number of carboxylic acids is 1. The van der Waals surface area contributed by atoms with Crippen molar-refractivity contribution in [3.05, 3.63) is 63.2 Å². The van der Waals surface area contributed by atoms with E-state index in [1.807, 2.05) is 6.92 Å². The Morgan fingerprint density at radius 3 is 2.81 bits per heavy atom. The SMILES string of the molecule is Cc1ccc2c(c1)[C@@H]1OCCC[C@@H]1[C@@H](c1c(C)cc(C(=O)O)cc1Cl)N2. The molecule has 0 amide bonds. The first-order chi connectivity index (χ1) is 12.5. The zero-order valence-electron chi connectivity index (χ0n) is 14.9. The second kappa shape index (κ2) is 6.60. The molecule has 0 aliphatic carbocycles. The van der Waals surface area contributed by atoms with Crippen LogP contribution in [0.25, 0.3) is 0 Å². The van der Waals surface area contributed by atoms with Crippen molar-refractivity contribution in [3.63, 3.8) is 0 Å². The molecule has 2 aliphatic rings. The van der Waals surface area contributed by atoms with Crippen LogP contribution in [0.15, 0.2) is 30.3 Å². The smallest absolute Gasteiger partial charge is 0.335 e. The van der Waals surface area contributed by atoms with E-state index in [4.69, 9.17) is 16.3 Å². The van der Waals surface area contributed by atoms with Crippen LogP contribution in [0.4, 0.5) is 5.69 Å². The minimum absolute atomic E-state index is 0.00542. The lowest BCUT2D eigenvalue weighted by molar-refractivity contribution is -0.0382. The Kier molecular flexibility index (Phi) is 4.41. The van der Waals surface area contributed by atoms with Gasteiger partial charge in [0, 0.05) is 28.8 Å². The van der Waals surface area contributed by atoms with Gasteiger partial charge in [-0.05, 0) is 56.0 Å². The van der Waals surface area contributed by atoms with Gasteiger partial charge >= 0.3 is 5.97 Å². The van der Waals surface area contributed by atoms with Gasteiger partial charge in [-0.3, -0.25) is 0 Å². The molecular formula is C21H22ClNO3. The van der Waals surface area contributed by atoms with Crippen molar-refractivity contribution >= 4 is 23.3 Å². The van der Waals surface area contributed by atoms with E-state index in [0.717, 1.165) is 36.3 Å². The van der Waals surface area contributed by atoms with E-state index >= 15 is 0 Å². The quantitative estimate of drug-likeness (QED) is 0.753. The Hall–Kier alpha value is -2.04. The summed E-state index contributed by atoms with van der Waals surface area (Å²) in [6.45, 7) is 4.79. The summed E-state index contributed by atoms with van der Waals surface area (Å²) in [5.41, 5.74) is 5.59. The Bertz CT molecular complexity index is 857. The molecule has 4 nitrogen and oxygen atoms in total. The van der Waals surface area contributed by atoms with Gasteiger partial charge in [-0.2, -0.15) is 0 Å². The molecule has 0 bridgehead atoms. The van der Waals surface area contributed by atoms with Crippen LogP contribution >= 0.6 is 11.6 Å². The monoisotopic (exact) mass is 371 g/mol. The maximum Gasteiger partial charge on any atom is 0.335 e. The van der Waals surface area contributed by atoms with Crippen molar-refractivity contribution in [2.24, 2.45) is 5.92 Å². The molecule has 5 heteroatoms. The summed E-state index contributed by atoms with van der Waals surface area (Å²) >= 11 is 6.55. The van der Waals surface area contributed by atoms with Crippen molar-refractivity contribution in [2.75, 3.05) is 11.9 Å². The third-order valence-electron chi connectivity index (χ3n) is 5.52. The number of rotatable bonds is 2. The number of ether oxygens (including phenoxy) is 1. The second-order valence-corrected chi connectivity index (χ2v) is 7.71. The number of halogens is 1. The third-order valence-corrected chi connectivity index (χ3v) is 5.83. The lowest BCUT2D eigenvalue weighted by Crippen LogP contribution is -2.36. The van der Waals surface area contributed by atoms with Crippen molar-refractivity contribution in [2.45, 2.75) is 38.8 Å². The number of aromatic carboxylic acids is 1. The summed E-state index contributed by atoms with van der Waals surface area (Å²) in [6.07, 6.45) is 2.11. The van der Waals surface area contributed by atoms with Crippen LogP contribution in [0.1, 0.15) is 57.6 Å². The first kappa shape index (κ1) is 17.4. The number of hydrogen-bond donors (Lipinski definition) is 2. The fourth-order valence-electron chi connectivity index (χ4n) is 4.35. The maximum absolute atomic E-state index is 11.3. The molecule has 2 heterocycles. The molecule has 0 unspecified atom stereocenters. The molecule has 0 spiro atoms. The molecule has 136 valence electrons. The summed E-state index contributed by atoms with van der Waals surface area (Å²) in [5.74, 6) is -0.692. The number of hydrogen-bond acceptors (Lipinski definition) is 3. The average Bonchev–Trinajstić information content (AvgIpc) is 2.61. The van der Waals surface area contributed by atoms with Gasteiger partial charge in [0.2, 0.25) is 0 Å². The van der Waals surface area contributed by atoms with Crippen molar-refractivity contribution in [1.82, 2.24) is 0 Å². The zero-order valence-corrected chi connectivity index (χ0v) is 15.6. The third kappa shape index (κ3) is 2.87. The highest BCUT2D eigenvalue weighted by molar-refractivity contribution is 6.32. The molecule has 3 atom stereocenters. The highest BCUT2D eigenvalue weighted by Gasteiger charge is 2.41. The van der Waals surface area contributed by atoms with Crippen molar-refractivity contribution in [1.29, 1.82) is 0 Å². The molecule has 1 saturated heterocycles. The van der Waals surface area contributed by atoms with Gasteiger partial charge in [-0.25, -0.2) is 4.79 Å². The van der Waals surface area contributed by atoms with Gasteiger partial charge in [0.1, 0.15) is 0 Å². The molecule has 26 heavy (non-hydrogen) atoms. The molecule has 4 rings (SSSR count). The zero-order chi connectivity index (χ0) is 18.4. The number of nitrogens with one attached hydrogen (secondary N) is 1. The molecule has 0 aromatic heterocycles. The Morgan fingerprint density at radius 2 is 2.08 bits per heavy atom. The average molecular weight is 372 g/mol. The fraction of sp³-hybridized carbons (Fsp3) is 0.381. The summed E-state index contributed by atoms with van der Waals surface area (Å²) in [6, 6.07) is 9.65. The van der Waals surface area contributed by atoms with Crippen LogP contribution in [0, 0.1) is 19.8 Å². The van der Waals surface area contributed by atoms with Crippen LogP contribution in [0.5, 0.6) is 0 Å². The number of aryl methyl sites for hydroxylation is 2. The Balaban J connectivity index is 1.82. The highest BCUT2D eigenvalue weighted by atomic mass is 35.5. The minimum Gasteiger partial charge on any atom is -0.478 e. The summed E-state index contributed by atoms with van der Waals surface area (Å²) in [4.78, 5) is 11.3.